The molecule has 4 rings (SSSR count). The van der Waals surface area contributed by atoms with Crippen molar-refractivity contribution in [2.45, 2.75) is 19.9 Å². The molecule has 1 aliphatic rings. The highest BCUT2D eigenvalue weighted by Gasteiger charge is 2.31. The predicted molar refractivity (Wildman–Crippen MR) is 116 cm³/mol. The number of ether oxygens (including phenoxy) is 2. The molecule has 2 aromatic carbocycles. The van der Waals surface area contributed by atoms with E-state index in [1.165, 1.54) is 0 Å². The monoisotopic (exact) mass is 439 g/mol. The first-order valence-corrected chi connectivity index (χ1v) is 10.4. The van der Waals surface area contributed by atoms with E-state index in [4.69, 9.17) is 21.1 Å². The molecule has 0 bridgehead atoms. The summed E-state index contributed by atoms with van der Waals surface area (Å²) in [6, 6.07) is 14.3. The molecule has 31 heavy (non-hydrogen) atoms. The minimum atomic E-state index is -0.497. The van der Waals surface area contributed by atoms with Gasteiger partial charge in [-0.1, -0.05) is 17.7 Å². The number of rotatable bonds is 5. The van der Waals surface area contributed by atoms with Gasteiger partial charge in [0.25, 0.3) is 5.91 Å². The fourth-order valence-corrected chi connectivity index (χ4v) is 3.89. The summed E-state index contributed by atoms with van der Waals surface area (Å²) < 4.78 is 12.2. The molecule has 0 atom stereocenters. The molecule has 0 radical (unpaired) electrons. The van der Waals surface area contributed by atoms with Crippen molar-refractivity contribution in [3.8, 4) is 11.4 Å². The van der Waals surface area contributed by atoms with E-state index in [0.717, 1.165) is 17.1 Å². The van der Waals surface area contributed by atoms with Crippen LogP contribution >= 0.6 is 11.6 Å². The third-order valence-corrected chi connectivity index (χ3v) is 5.44. The molecule has 8 heteroatoms. The SMILES string of the molecule is CCOC(=O)c1nn(-c2ccc(OC)cc2)c2c1CN(C(=O)c1cccc(Cl)c1)CC2. The molecule has 0 saturated heterocycles. The Morgan fingerprint density at radius 1 is 1.16 bits per heavy atom. The van der Waals surface area contributed by atoms with Gasteiger partial charge in [-0.15, -0.1) is 0 Å². The highest BCUT2D eigenvalue weighted by molar-refractivity contribution is 6.30. The van der Waals surface area contributed by atoms with Gasteiger partial charge in [0.2, 0.25) is 0 Å². The first-order valence-electron chi connectivity index (χ1n) is 9.99. The second-order valence-corrected chi connectivity index (χ2v) is 7.53. The number of esters is 1. The number of hydrogen-bond acceptors (Lipinski definition) is 5. The Labute approximate surface area is 185 Å². The number of fused-ring (bicyclic) bond motifs is 1. The summed E-state index contributed by atoms with van der Waals surface area (Å²) in [7, 11) is 1.61. The zero-order valence-electron chi connectivity index (χ0n) is 17.3. The van der Waals surface area contributed by atoms with Crippen LogP contribution < -0.4 is 4.74 Å². The second-order valence-electron chi connectivity index (χ2n) is 7.09. The molecule has 3 aromatic rings. The number of amides is 1. The van der Waals surface area contributed by atoms with Crippen LogP contribution in [0.1, 0.15) is 39.0 Å². The van der Waals surface area contributed by atoms with E-state index in [2.05, 4.69) is 5.10 Å². The fourth-order valence-electron chi connectivity index (χ4n) is 3.70. The van der Waals surface area contributed by atoms with Crippen molar-refractivity contribution in [2.75, 3.05) is 20.3 Å². The van der Waals surface area contributed by atoms with E-state index in [1.54, 1.807) is 47.9 Å². The Morgan fingerprint density at radius 3 is 2.61 bits per heavy atom. The van der Waals surface area contributed by atoms with Crippen molar-refractivity contribution in [1.82, 2.24) is 14.7 Å². The Morgan fingerprint density at radius 2 is 1.94 bits per heavy atom. The number of benzene rings is 2. The predicted octanol–water partition coefficient (Wildman–Crippen LogP) is 3.91. The van der Waals surface area contributed by atoms with Gasteiger partial charge in [0.05, 0.1) is 31.6 Å². The molecule has 1 aromatic heterocycles. The van der Waals surface area contributed by atoms with Gasteiger partial charge in [0.15, 0.2) is 5.69 Å². The summed E-state index contributed by atoms with van der Waals surface area (Å²) >= 11 is 6.05. The average Bonchev–Trinajstić information content (AvgIpc) is 3.18. The molecular weight excluding hydrogens is 418 g/mol. The van der Waals surface area contributed by atoms with Crippen molar-refractivity contribution in [2.24, 2.45) is 0 Å². The molecule has 2 heterocycles. The molecule has 0 spiro atoms. The van der Waals surface area contributed by atoms with E-state index < -0.39 is 5.97 Å². The average molecular weight is 440 g/mol. The maximum absolute atomic E-state index is 13.0. The largest absolute Gasteiger partial charge is 0.497 e. The Hall–Kier alpha value is -3.32. The number of carbonyl (C=O) groups is 2. The quantitative estimate of drug-likeness (QED) is 0.563. The molecule has 1 amide bonds. The molecule has 0 aliphatic carbocycles. The molecule has 0 saturated carbocycles. The first kappa shape index (κ1) is 20.9. The summed E-state index contributed by atoms with van der Waals surface area (Å²) in [6.45, 7) is 2.77. The van der Waals surface area contributed by atoms with Crippen molar-refractivity contribution in [3.63, 3.8) is 0 Å². The van der Waals surface area contributed by atoms with E-state index in [0.29, 0.717) is 29.1 Å². The Bertz CT molecular complexity index is 1120. The van der Waals surface area contributed by atoms with Crippen LogP contribution in [0.3, 0.4) is 0 Å². The summed E-state index contributed by atoms with van der Waals surface area (Å²) in [5.41, 5.74) is 3.15. The van der Waals surface area contributed by atoms with E-state index in [1.807, 2.05) is 24.3 Å². The van der Waals surface area contributed by atoms with Gasteiger partial charge >= 0.3 is 5.97 Å². The minimum absolute atomic E-state index is 0.139. The molecule has 0 N–H and O–H groups in total. The zero-order chi connectivity index (χ0) is 22.0. The summed E-state index contributed by atoms with van der Waals surface area (Å²) in [6.07, 6.45) is 0.556. The number of nitrogens with zero attached hydrogens (tertiary/aromatic N) is 3. The summed E-state index contributed by atoms with van der Waals surface area (Å²) in [4.78, 5) is 27.3. The molecule has 7 nitrogen and oxygen atoms in total. The zero-order valence-corrected chi connectivity index (χ0v) is 18.1. The molecule has 160 valence electrons. The van der Waals surface area contributed by atoms with Crippen molar-refractivity contribution >= 4 is 23.5 Å². The smallest absolute Gasteiger partial charge is 0.359 e. The van der Waals surface area contributed by atoms with Gasteiger partial charge in [0, 0.05) is 29.1 Å². The standard InChI is InChI=1S/C23H22ClN3O4/c1-3-31-23(29)21-19-14-26(22(28)15-5-4-6-16(24)13-15)12-11-20(19)27(25-21)17-7-9-18(30-2)10-8-17/h4-10,13H,3,11-12,14H2,1-2H3. The Kier molecular flexibility index (Phi) is 5.95. The van der Waals surface area contributed by atoms with Crippen molar-refractivity contribution in [3.05, 3.63) is 76.1 Å². The van der Waals surface area contributed by atoms with Gasteiger partial charge in [-0.3, -0.25) is 4.79 Å². The lowest BCUT2D eigenvalue weighted by molar-refractivity contribution is 0.0513. The van der Waals surface area contributed by atoms with Crippen LogP contribution in [-0.2, 0) is 17.7 Å². The van der Waals surface area contributed by atoms with E-state index in [9.17, 15) is 9.59 Å². The number of aromatic nitrogens is 2. The maximum atomic E-state index is 13.0. The molecular formula is C23H22ClN3O4. The summed E-state index contributed by atoms with van der Waals surface area (Å²) in [5.74, 6) is 0.0944. The molecule has 1 aliphatic heterocycles. The van der Waals surface area contributed by atoms with Gasteiger partial charge in [-0.2, -0.15) is 5.10 Å². The van der Waals surface area contributed by atoms with E-state index >= 15 is 0 Å². The van der Waals surface area contributed by atoms with Gasteiger partial charge in [0.1, 0.15) is 5.75 Å². The number of halogens is 1. The van der Waals surface area contributed by atoms with Crippen LogP contribution in [-0.4, -0.2) is 46.8 Å². The normalized spacial score (nSPS) is 12.9. The van der Waals surface area contributed by atoms with Crippen LogP contribution in [0.4, 0.5) is 0 Å². The van der Waals surface area contributed by atoms with Crippen molar-refractivity contribution in [1.29, 1.82) is 0 Å². The topological polar surface area (TPSA) is 73.7 Å². The van der Waals surface area contributed by atoms with Crippen LogP contribution in [0.5, 0.6) is 5.75 Å². The van der Waals surface area contributed by atoms with Crippen molar-refractivity contribution < 1.29 is 19.1 Å². The third-order valence-electron chi connectivity index (χ3n) is 5.20. The lowest BCUT2D eigenvalue weighted by atomic mass is 10.0. The number of hydrogen-bond donors (Lipinski definition) is 0. The minimum Gasteiger partial charge on any atom is -0.497 e. The van der Waals surface area contributed by atoms with Crippen LogP contribution in [0.2, 0.25) is 5.02 Å². The third kappa shape index (κ3) is 4.14. The van der Waals surface area contributed by atoms with Crippen LogP contribution in [0, 0.1) is 0 Å². The lowest BCUT2D eigenvalue weighted by Gasteiger charge is -2.28. The lowest BCUT2D eigenvalue weighted by Crippen LogP contribution is -2.36. The van der Waals surface area contributed by atoms with Gasteiger partial charge in [-0.05, 0) is 49.4 Å². The molecule has 0 fully saturated rings. The van der Waals surface area contributed by atoms with Gasteiger partial charge in [-0.25, -0.2) is 9.48 Å². The van der Waals surface area contributed by atoms with Gasteiger partial charge < -0.3 is 14.4 Å². The van der Waals surface area contributed by atoms with E-state index in [-0.39, 0.29) is 24.8 Å². The maximum Gasteiger partial charge on any atom is 0.359 e. The highest BCUT2D eigenvalue weighted by atomic mass is 35.5. The first-order chi connectivity index (χ1) is 15.0. The Balaban J connectivity index is 1.71. The van der Waals surface area contributed by atoms with Crippen LogP contribution in [0.25, 0.3) is 5.69 Å². The summed E-state index contributed by atoms with van der Waals surface area (Å²) in [5, 5.41) is 5.06. The fraction of sp³-hybridized carbons (Fsp3) is 0.261. The second kappa shape index (κ2) is 8.81. The molecule has 0 unspecified atom stereocenters. The number of methoxy groups -OCH3 is 1. The van der Waals surface area contributed by atoms with Crippen LogP contribution in [0.15, 0.2) is 48.5 Å². The highest BCUT2D eigenvalue weighted by Crippen LogP contribution is 2.28. The number of carbonyl (C=O) groups excluding carboxylic acids is 2.